The van der Waals surface area contributed by atoms with Crippen molar-refractivity contribution in [1.29, 1.82) is 0 Å². The second-order valence-corrected chi connectivity index (χ2v) is 5.50. The van der Waals surface area contributed by atoms with E-state index < -0.39 is 0 Å². The normalized spacial score (nSPS) is 55.8. The van der Waals surface area contributed by atoms with E-state index in [4.69, 9.17) is 12.2 Å². The van der Waals surface area contributed by atoms with Gasteiger partial charge in [0.25, 0.3) is 0 Å². The Balaban J connectivity index is 1.95. The Labute approximate surface area is 79.7 Å². The van der Waals surface area contributed by atoms with Gasteiger partial charge in [0.15, 0.2) is 0 Å². The molecule has 0 aliphatic heterocycles. The van der Waals surface area contributed by atoms with Crippen LogP contribution < -0.4 is 0 Å². The first-order chi connectivity index (χ1) is 5.80. The Kier molecular flexibility index (Phi) is 1.44. The average Bonchev–Trinajstić information content (AvgIpc) is 2.02. The van der Waals surface area contributed by atoms with Gasteiger partial charge in [-0.3, -0.25) is 0 Å². The molecule has 0 aromatic carbocycles. The van der Waals surface area contributed by atoms with Gasteiger partial charge in [0.1, 0.15) is 0 Å². The largest absolute Gasteiger partial charge is 0.0831 e. The monoisotopic (exact) mass is 179 g/mol. The molecule has 4 aliphatic rings. The van der Waals surface area contributed by atoms with Crippen molar-refractivity contribution in [1.82, 2.24) is 0 Å². The molecule has 65 valence electrons. The SMILES string of the molecule is S=[C]C12CC3CC(CC(C3)C1)C2. The lowest BCUT2D eigenvalue weighted by molar-refractivity contribution is -0.00848. The van der Waals surface area contributed by atoms with Crippen LogP contribution in [0.4, 0.5) is 0 Å². The molecule has 0 aromatic heterocycles. The van der Waals surface area contributed by atoms with Gasteiger partial charge in [0.05, 0.1) is 0 Å². The van der Waals surface area contributed by atoms with Gasteiger partial charge in [-0.15, -0.1) is 0 Å². The summed E-state index contributed by atoms with van der Waals surface area (Å²) < 4.78 is 0. The van der Waals surface area contributed by atoms with Crippen LogP contribution in [0.5, 0.6) is 0 Å². The highest BCUT2D eigenvalue weighted by atomic mass is 32.1. The van der Waals surface area contributed by atoms with Gasteiger partial charge < -0.3 is 0 Å². The Morgan fingerprint density at radius 1 is 0.917 bits per heavy atom. The summed E-state index contributed by atoms with van der Waals surface area (Å²) in [5.41, 5.74) is 0.407. The first kappa shape index (κ1) is 7.49. The minimum absolute atomic E-state index is 0.407. The average molecular weight is 179 g/mol. The van der Waals surface area contributed by atoms with Crippen molar-refractivity contribution in [3.05, 3.63) is 0 Å². The molecule has 0 aromatic rings. The molecular weight excluding hydrogens is 164 g/mol. The second kappa shape index (κ2) is 2.31. The number of hydrogen-bond donors (Lipinski definition) is 0. The van der Waals surface area contributed by atoms with Crippen molar-refractivity contribution in [2.45, 2.75) is 38.5 Å². The van der Waals surface area contributed by atoms with Gasteiger partial charge in [-0.05, 0) is 56.3 Å². The molecular formula is C11H15S. The van der Waals surface area contributed by atoms with Crippen molar-refractivity contribution < 1.29 is 0 Å². The predicted molar refractivity (Wildman–Crippen MR) is 53.2 cm³/mol. The third-order valence-corrected chi connectivity index (χ3v) is 4.69. The summed E-state index contributed by atoms with van der Waals surface area (Å²) in [6.07, 6.45) is 8.66. The van der Waals surface area contributed by atoms with Crippen molar-refractivity contribution in [3.8, 4) is 0 Å². The first-order valence-electron chi connectivity index (χ1n) is 5.19. The molecule has 0 atom stereocenters. The summed E-state index contributed by atoms with van der Waals surface area (Å²) in [6, 6.07) is 0. The Morgan fingerprint density at radius 2 is 1.33 bits per heavy atom. The van der Waals surface area contributed by atoms with E-state index in [1.807, 2.05) is 0 Å². The molecule has 4 bridgehead atoms. The summed E-state index contributed by atoms with van der Waals surface area (Å²) in [5.74, 6) is 3.06. The minimum Gasteiger partial charge on any atom is -0.0831 e. The van der Waals surface area contributed by atoms with Crippen molar-refractivity contribution >= 4 is 17.6 Å². The molecule has 0 heterocycles. The highest BCUT2D eigenvalue weighted by molar-refractivity contribution is 7.79. The maximum absolute atomic E-state index is 5.09. The molecule has 0 N–H and O–H groups in total. The van der Waals surface area contributed by atoms with Crippen molar-refractivity contribution in [2.75, 3.05) is 0 Å². The van der Waals surface area contributed by atoms with Crippen LogP contribution in [-0.2, 0) is 0 Å². The summed E-state index contributed by atoms with van der Waals surface area (Å²) in [5, 5.41) is 3.19. The smallest absolute Gasteiger partial charge is 0.0359 e. The topological polar surface area (TPSA) is 0 Å². The van der Waals surface area contributed by atoms with E-state index in [0.29, 0.717) is 5.41 Å². The summed E-state index contributed by atoms with van der Waals surface area (Å²) in [7, 11) is 0. The highest BCUT2D eigenvalue weighted by Gasteiger charge is 2.49. The minimum atomic E-state index is 0.407. The molecule has 0 spiro atoms. The fourth-order valence-corrected chi connectivity index (χ4v) is 4.49. The van der Waals surface area contributed by atoms with Crippen molar-refractivity contribution in [2.24, 2.45) is 23.2 Å². The first-order valence-corrected chi connectivity index (χ1v) is 5.60. The Bertz CT molecular complexity index is 184. The Morgan fingerprint density at radius 3 is 1.67 bits per heavy atom. The number of thiocarbonyl (C=S) groups is 1. The molecule has 12 heavy (non-hydrogen) atoms. The summed E-state index contributed by atoms with van der Waals surface area (Å²) in [4.78, 5) is 0. The summed E-state index contributed by atoms with van der Waals surface area (Å²) in [6.45, 7) is 0. The molecule has 1 heteroatoms. The van der Waals surface area contributed by atoms with Gasteiger partial charge >= 0.3 is 0 Å². The lowest BCUT2D eigenvalue weighted by atomic mass is 9.50. The van der Waals surface area contributed by atoms with E-state index in [2.05, 4.69) is 5.37 Å². The van der Waals surface area contributed by atoms with E-state index in [1.165, 1.54) is 38.5 Å². The second-order valence-electron chi connectivity index (χ2n) is 5.30. The third-order valence-electron chi connectivity index (χ3n) is 4.25. The number of hydrogen-bond acceptors (Lipinski definition) is 1. The molecule has 0 amide bonds. The summed E-state index contributed by atoms with van der Waals surface area (Å²) >= 11 is 5.09. The van der Waals surface area contributed by atoms with Crippen LogP contribution in [-0.4, -0.2) is 5.37 Å². The van der Waals surface area contributed by atoms with E-state index in [9.17, 15) is 0 Å². The molecule has 1 radical (unpaired) electrons. The zero-order valence-corrected chi connectivity index (χ0v) is 8.20. The van der Waals surface area contributed by atoms with Gasteiger partial charge in [-0.2, -0.15) is 0 Å². The molecule has 0 nitrogen and oxygen atoms in total. The molecule has 4 rings (SSSR count). The van der Waals surface area contributed by atoms with Gasteiger partial charge in [0.2, 0.25) is 0 Å². The quantitative estimate of drug-likeness (QED) is 0.557. The molecule has 0 unspecified atom stereocenters. The lowest BCUT2D eigenvalue weighted by Crippen LogP contribution is -2.46. The van der Waals surface area contributed by atoms with Crippen LogP contribution in [0.2, 0.25) is 0 Å². The lowest BCUT2D eigenvalue weighted by Gasteiger charge is -2.55. The fourth-order valence-electron chi connectivity index (χ4n) is 4.24. The van der Waals surface area contributed by atoms with Crippen LogP contribution in [0.25, 0.3) is 0 Å². The molecule has 0 saturated heterocycles. The van der Waals surface area contributed by atoms with E-state index in [0.717, 1.165) is 17.8 Å². The fraction of sp³-hybridized carbons (Fsp3) is 0.909. The van der Waals surface area contributed by atoms with Crippen LogP contribution in [0.3, 0.4) is 0 Å². The zero-order chi connectivity index (χ0) is 8.18. The maximum Gasteiger partial charge on any atom is 0.0359 e. The zero-order valence-electron chi connectivity index (χ0n) is 7.38. The Hall–Kier alpha value is 0.0900. The predicted octanol–water partition coefficient (Wildman–Crippen LogP) is 3.08. The van der Waals surface area contributed by atoms with Gasteiger partial charge in [0, 0.05) is 10.8 Å². The van der Waals surface area contributed by atoms with Gasteiger partial charge in [-0.25, -0.2) is 0 Å². The van der Waals surface area contributed by atoms with Gasteiger partial charge in [-0.1, -0.05) is 12.2 Å². The molecule has 4 aliphatic carbocycles. The van der Waals surface area contributed by atoms with Crippen LogP contribution >= 0.6 is 12.2 Å². The van der Waals surface area contributed by atoms with Crippen LogP contribution in [0.1, 0.15) is 38.5 Å². The third kappa shape index (κ3) is 0.921. The van der Waals surface area contributed by atoms with Crippen molar-refractivity contribution in [3.63, 3.8) is 0 Å². The van der Waals surface area contributed by atoms with Crippen LogP contribution in [0.15, 0.2) is 0 Å². The van der Waals surface area contributed by atoms with E-state index in [1.54, 1.807) is 0 Å². The van der Waals surface area contributed by atoms with Crippen LogP contribution in [0, 0.1) is 23.2 Å². The highest BCUT2D eigenvalue weighted by Crippen LogP contribution is 2.59. The maximum atomic E-state index is 5.09. The number of rotatable bonds is 1. The standard InChI is InChI=1S/C11H15S/c12-7-11-4-8-1-9(5-11)3-10(2-8)6-11/h8-10H,1-6H2. The molecule has 4 saturated carbocycles. The van der Waals surface area contributed by atoms with E-state index >= 15 is 0 Å². The molecule has 4 fully saturated rings. The van der Waals surface area contributed by atoms with E-state index in [-0.39, 0.29) is 0 Å².